The Labute approximate surface area is 180 Å². The molecular formula is C25H38O5. The van der Waals surface area contributed by atoms with Gasteiger partial charge >= 0.3 is 11.9 Å². The maximum atomic E-state index is 12.5. The lowest BCUT2D eigenvalue weighted by Gasteiger charge is -2.62. The molecule has 0 radical (unpaired) electrons. The van der Waals surface area contributed by atoms with Crippen molar-refractivity contribution in [3.63, 3.8) is 0 Å². The zero-order valence-electron chi connectivity index (χ0n) is 19.2. The van der Waals surface area contributed by atoms with Crippen molar-refractivity contribution in [2.45, 2.75) is 98.2 Å². The van der Waals surface area contributed by atoms with Gasteiger partial charge in [-0.15, -0.1) is 0 Å². The fourth-order valence-corrected chi connectivity index (χ4v) is 8.64. The van der Waals surface area contributed by atoms with Crippen LogP contribution in [0, 0.1) is 40.4 Å². The summed E-state index contributed by atoms with van der Waals surface area (Å²) < 4.78 is 11.6. The topological polar surface area (TPSA) is 69.7 Å². The van der Waals surface area contributed by atoms with Gasteiger partial charge in [0.05, 0.1) is 0 Å². The second kappa shape index (κ2) is 7.63. The fourth-order valence-electron chi connectivity index (χ4n) is 8.64. The highest BCUT2D eigenvalue weighted by atomic mass is 16.5. The van der Waals surface area contributed by atoms with Crippen LogP contribution in [0.4, 0.5) is 0 Å². The molecule has 0 aliphatic heterocycles. The number of ether oxygens (including phenoxy) is 2. The van der Waals surface area contributed by atoms with Crippen molar-refractivity contribution in [2.24, 2.45) is 40.4 Å². The van der Waals surface area contributed by atoms with Crippen LogP contribution in [0.25, 0.3) is 0 Å². The standard InChI is InChI=1S/C25H38O5/c1-14(26)20-8-9-21-19-7-6-17-12-18(29-15(2)27)10-11-24(17,4)23(19)22(30-16(3)28)13-25(20,21)5/h17-23H,6-13H2,1-5H3/t17?,18?,19-,20+,21-,22?,23+,24-,25+/m0/s1. The Hall–Kier alpha value is -1.39. The molecule has 4 aliphatic rings. The van der Waals surface area contributed by atoms with Gasteiger partial charge in [-0.3, -0.25) is 14.4 Å². The number of hydrogen-bond donors (Lipinski definition) is 0. The monoisotopic (exact) mass is 418 g/mol. The summed E-state index contributed by atoms with van der Waals surface area (Å²) >= 11 is 0. The maximum absolute atomic E-state index is 12.5. The minimum Gasteiger partial charge on any atom is -0.463 e. The zero-order valence-corrected chi connectivity index (χ0v) is 19.2. The van der Waals surface area contributed by atoms with E-state index in [1.807, 2.05) is 0 Å². The van der Waals surface area contributed by atoms with Crippen LogP contribution in [0.2, 0.25) is 0 Å². The summed E-state index contributed by atoms with van der Waals surface area (Å²) in [5.74, 6) is 1.85. The van der Waals surface area contributed by atoms with Gasteiger partial charge < -0.3 is 9.47 Å². The first kappa shape index (κ1) is 21.8. The van der Waals surface area contributed by atoms with E-state index in [-0.39, 0.29) is 40.9 Å². The third-order valence-corrected chi connectivity index (χ3v) is 9.66. The van der Waals surface area contributed by atoms with E-state index in [0.717, 1.165) is 51.4 Å². The van der Waals surface area contributed by atoms with Gasteiger partial charge in [-0.25, -0.2) is 0 Å². The molecule has 0 aromatic heterocycles. The number of ketones is 1. The Morgan fingerprint density at radius 3 is 2.17 bits per heavy atom. The molecule has 168 valence electrons. The molecule has 9 atom stereocenters. The van der Waals surface area contributed by atoms with E-state index in [1.165, 1.54) is 13.8 Å². The first-order valence-electron chi connectivity index (χ1n) is 11.9. The normalized spacial score (nSPS) is 47.4. The average molecular weight is 419 g/mol. The summed E-state index contributed by atoms with van der Waals surface area (Å²) in [6.45, 7) is 9.43. The van der Waals surface area contributed by atoms with Gasteiger partial charge in [-0.05, 0) is 86.9 Å². The molecule has 0 bridgehead atoms. The SMILES string of the molecule is CC(=O)OC1CC[C@@]2(C)C(CC[C@H]3[C@@H]4CC[C@H](C(C)=O)[C@@]4(C)CC(OC(C)=O)[C@@H]32)C1. The Morgan fingerprint density at radius 2 is 1.53 bits per heavy atom. The van der Waals surface area contributed by atoms with E-state index in [9.17, 15) is 14.4 Å². The van der Waals surface area contributed by atoms with Crippen LogP contribution in [0.1, 0.15) is 86.0 Å². The Kier molecular flexibility index (Phi) is 5.55. The first-order chi connectivity index (χ1) is 14.1. The van der Waals surface area contributed by atoms with Crippen LogP contribution in [0.15, 0.2) is 0 Å². The van der Waals surface area contributed by atoms with Crippen molar-refractivity contribution >= 4 is 17.7 Å². The molecule has 5 heteroatoms. The van der Waals surface area contributed by atoms with E-state index in [0.29, 0.717) is 29.5 Å². The fraction of sp³-hybridized carbons (Fsp3) is 0.880. The molecule has 4 rings (SSSR count). The highest BCUT2D eigenvalue weighted by molar-refractivity contribution is 5.79. The number of carbonyl (C=O) groups excluding carboxylic acids is 3. The quantitative estimate of drug-likeness (QED) is 0.621. The molecule has 0 N–H and O–H groups in total. The maximum Gasteiger partial charge on any atom is 0.302 e. The van der Waals surface area contributed by atoms with Crippen molar-refractivity contribution in [1.29, 1.82) is 0 Å². The van der Waals surface area contributed by atoms with Crippen LogP contribution < -0.4 is 0 Å². The van der Waals surface area contributed by atoms with Crippen molar-refractivity contribution < 1.29 is 23.9 Å². The molecule has 30 heavy (non-hydrogen) atoms. The number of Topliss-reactive ketones (excluding diaryl/α,β-unsaturated/α-hetero) is 1. The molecule has 4 saturated carbocycles. The van der Waals surface area contributed by atoms with E-state index in [2.05, 4.69) is 13.8 Å². The van der Waals surface area contributed by atoms with E-state index in [4.69, 9.17) is 9.47 Å². The number of hydrogen-bond acceptors (Lipinski definition) is 5. The lowest BCUT2D eigenvalue weighted by atomic mass is 9.43. The summed E-state index contributed by atoms with van der Waals surface area (Å²) in [4.78, 5) is 36.0. The van der Waals surface area contributed by atoms with Crippen LogP contribution in [0.5, 0.6) is 0 Å². The van der Waals surface area contributed by atoms with Crippen molar-refractivity contribution in [3.8, 4) is 0 Å². The summed E-state index contributed by atoms with van der Waals surface area (Å²) in [6.07, 6.45) is 7.88. The van der Waals surface area contributed by atoms with Gasteiger partial charge in [-0.2, -0.15) is 0 Å². The molecule has 3 unspecified atom stereocenters. The van der Waals surface area contributed by atoms with Crippen LogP contribution in [-0.4, -0.2) is 29.9 Å². The van der Waals surface area contributed by atoms with Gasteiger partial charge in [0.1, 0.15) is 18.0 Å². The van der Waals surface area contributed by atoms with E-state index < -0.39 is 0 Å². The highest BCUT2D eigenvalue weighted by Gasteiger charge is 2.64. The molecule has 0 heterocycles. The third-order valence-electron chi connectivity index (χ3n) is 9.66. The van der Waals surface area contributed by atoms with Crippen LogP contribution in [-0.2, 0) is 23.9 Å². The van der Waals surface area contributed by atoms with E-state index in [1.54, 1.807) is 6.92 Å². The van der Waals surface area contributed by atoms with Crippen molar-refractivity contribution in [2.75, 3.05) is 0 Å². The minimum absolute atomic E-state index is 0.0201. The molecule has 5 nitrogen and oxygen atoms in total. The van der Waals surface area contributed by atoms with Gasteiger partial charge in [-0.1, -0.05) is 13.8 Å². The minimum atomic E-state index is -0.211. The number of fused-ring (bicyclic) bond motifs is 5. The second-order valence-corrected chi connectivity index (χ2v) is 11.2. The molecule has 0 spiro atoms. The Bertz CT molecular complexity index is 731. The van der Waals surface area contributed by atoms with Crippen LogP contribution >= 0.6 is 0 Å². The molecule has 0 amide bonds. The smallest absolute Gasteiger partial charge is 0.302 e. The summed E-state index contributed by atoms with van der Waals surface area (Å²) in [7, 11) is 0. The van der Waals surface area contributed by atoms with Crippen molar-refractivity contribution in [1.82, 2.24) is 0 Å². The molecule has 4 fully saturated rings. The van der Waals surface area contributed by atoms with Crippen LogP contribution in [0.3, 0.4) is 0 Å². The second-order valence-electron chi connectivity index (χ2n) is 11.2. The number of carbonyl (C=O) groups is 3. The lowest BCUT2D eigenvalue weighted by Crippen LogP contribution is -2.60. The van der Waals surface area contributed by atoms with E-state index >= 15 is 0 Å². The Morgan fingerprint density at radius 1 is 0.833 bits per heavy atom. The molecule has 0 aromatic rings. The lowest BCUT2D eigenvalue weighted by molar-refractivity contribution is -0.200. The highest BCUT2D eigenvalue weighted by Crippen LogP contribution is 2.68. The molecule has 0 aromatic carbocycles. The summed E-state index contributed by atoms with van der Waals surface area (Å²) in [5.41, 5.74) is 0.0284. The summed E-state index contributed by atoms with van der Waals surface area (Å²) in [5, 5.41) is 0. The molecule has 4 aliphatic carbocycles. The number of esters is 2. The third kappa shape index (κ3) is 3.40. The van der Waals surface area contributed by atoms with Gasteiger partial charge in [0, 0.05) is 25.7 Å². The van der Waals surface area contributed by atoms with Gasteiger partial charge in [0.2, 0.25) is 0 Å². The van der Waals surface area contributed by atoms with Gasteiger partial charge in [0.15, 0.2) is 0 Å². The average Bonchev–Trinajstić information content (AvgIpc) is 2.97. The van der Waals surface area contributed by atoms with Crippen molar-refractivity contribution in [3.05, 3.63) is 0 Å². The predicted molar refractivity (Wildman–Crippen MR) is 112 cm³/mol. The molecule has 0 saturated heterocycles. The first-order valence-corrected chi connectivity index (χ1v) is 11.9. The number of rotatable bonds is 3. The Balaban J connectivity index is 1.66. The summed E-state index contributed by atoms with van der Waals surface area (Å²) in [6, 6.07) is 0. The zero-order chi connectivity index (χ0) is 21.8. The largest absolute Gasteiger partial charge is 0.463 e. The predicted octanol–water partition coefficient (Wildman–Crippen LogP) is 4.71. The van der Waals surface area contributed by atoms with Gasteiger partial charge in [0.25, 0.3) is 0 Å². The molecular weight excluding hydrogens is 380 g/mol.